The van der Waals surface area contributed by atoms with Crippen LogP contribution in [0.4, 0.5) is 0 Å². The SMILES string of the molecule is CC(=O)NC1(c2noc(CCC(=O)NCCc3nccs3)n2)CCCCCC1. The van der Waals surface area contributed by atoms with Gasteiger partial charge in [-0.05, 0) is 12.8 Å². The number of nitrogens with one attached hydrogen (secondary N) is 2. The first-order valence-corrected chi connectivity index (χ1v) is 10.7. The average molecular weight is 406 g/mol. The Balaban J connectivity index is 1.53. The van der Waals surface area contributed by atoms with E-state index in [1.807, 2.05) is 5.38 Å². The molecule has 0 atom stereocenters. The molecule has 2 aromatic rings. The fourth-order valence-corrected chi connectivity index (χ4v) is 4.24. The van der Waals surface area contributed by atoms with Crippen molar-refractivity contribution in [3.8, 4) is 0 Å². The molecular formula is C19H27N5O3S. The highest BCUT2D eigenvalue weighted by Gasteiger charge is 2.38. The highest BCUT2D eigenvalue weighted by molar-refractivity contribution is 7.09. The molecule has 0 spiro atoms. The van der Waals surface area contributed by atoms with Crippen molar-refractivity contribution in [2.24, 2.45) is 0 Å². The molecule has 0 saturated heterocycles. The van der Waals surface area contributed by atoms with Crippen LogP contribution in [0.25, 0.3) is 0 Å². The first-order chi connectivity index (χ1) is 13.6. The van der Waals surface area contributed by atoms with E-state index in [9.17, 15) is 9.59 Å². The van der Waals surface area contributed by atoms with Gasteiger partial charge in [-0.1, -0.05) is 30.8 Å². The van der Waals surface area contributed by atoms with E-state index < -0.39 is 5.54 Å². The van der Waals surface area contributed by atoms with Gasteiger partial charge in [0.1, 0.15) is 5.54 Å². The van der Waals surface area contributed by atoms with Gasteiger partial charge in [-0.3, -0.25) is 9.59 Å². The summed E-state index contributed by atoms with van der Waals surface area (Å²) < 4.78 is 5.38. The predicted octanol–water partition coefficient (Wildman–Crippen LogP) is 2.50. The molecule has 1 aliphatic carbocycles. The normalized spacial score (nSPS) is 16.3. The van der Waals surface area contributed by atoms with Crippen LogP contribution in [0.15, 0.2) is 16.1 Å². The molecule has 152 valence electrons. The second-order valence-corrected chi connectivity index (χ2v) is 8.19. The molecule has 2 amide bonds. The quantitative estimate of drug-likeness (QED) is 0.653. The molecule has 0 unspecified atom stereocenters. The lowest BCUT2D eigenvalue weighted by Crippen LogP contribution is -2.45. The lowest BCUT2D eigenvalue weighted by Gasteiger charge is -2.30. The van der Waals surface area contributed by atoms with Gasteiger partial charge in [-0.25, -0.2) is 4.98 Å². The van der Waals surface area contributed by atoms with E-state index in [1.54, 1.807) is 17.5 Å². The Morgan fingerprint density at radius 2 is 2.00 bits per heavy atom. The smallest absolute Gasteiger partial charge is 0.227 e. The van der Waals surface area contributed by atoms with E-state index in [0.717, 1.165) is 50.0 Å². The number of carbonyl (C=O) groups excluding carboxylic acids is 2. The Kier molecular flexibility index (Phi) is 7.13. The number of aryl methyl sites for hydroxylation is 1. The van der Waals surface area contributed by atoms with Crippen LogP contribution >= 0.6 is 11.3 Å². The van der Waals surface area contributed by atoms with Crippen LogP contribution in [-0.4, -0.2) is 33.5 Å². The zero-order valence-corrected chi connectivity index (χ0v) is 17.0. The summed E-state index contributed by atoms with van der Waals surface area (Å²) in [5.41, 5.74) is -0.556. The molecule has 0 bridgehead atoms. The van der Waals surface area contributed by atoms with Crippen LogP contribution < -0.4 is 10.6 Å². The van der Waals surface area contributed by atoms with Crippen molar-refractivity contribution < 1.29 is 14.1 Å². The van der Waals surface area contributed by atoms with Gasteiger partial charge in [-0.2, -0.15) is 4.98 Å². The molecule has 28 heavy (non-hydrogen) atoms. The van der Waals surface area contributed by atoms with Crippen LogP contribution in [0, 0.1) is 0 Å². The molecule has 2 aromatic heterocycles. The van der Waals surface area contributed by atoms with Gasteiger partial charge >= 0.3 is 0 Å². The molecule has 1 saturated carbocycles. The molecule has 1 fully saturated rings. The van der Waals surface area contributed by atoms with Gasteiger partial charge < -0.3 is 15.2 Å². The largest absolute Gasteiger partial charge is 0.356 e. The number of rotatable bonds is 8. The summed E-state index contributed by atoms with van der Waals surface area (Å²) in [6, 6.07) is 0. The third kappa shape index (κ3) is 5.60. The second kappa shape index (κ2) is 9.77. The lowest BCUT2D eigenvalue weighted by molar-refractivity contribution is -0.122. The Bertz CT molecular complexity index is 766. The lowest BCUT2D eigenvalue weighted by atomic mass is 9.89. The summed E-state index contributed by atoms with van der Waals surface area (Å²) in [6.07, 6.45) is 9.10. The maximum atomic E-state index is 12.0. The first-order valence-electron chi connectivity index (χ1n) is 9.84. The van der Waals surface area contributed by atoms with Crippen LogP contribution in [0.3, 0.4) is 0 Å². The van der Waals surface area contributed by atoms with Crippen LogP contribution in [0.5, 0.6) is 0 Å². The maximum absolute atomic E-state index is 12.0. The number of hydrogen-bond acceptors (Lipinski definition) is 7. The number of aromatic nitrogens is 3. The van der Waals surface area contributed by atoms with Crippen molar-refractivity contribution in [3.05, 3.63) is 28.3 Å². The zero-order chi connectivity index (χ0) is 19.8. The summed E-state index contributed by atoms with van der Waals surface area (Å²) >= 11 is 1.58. The number of nitrogens with zero attached hydrogens (tertiary/aromatic N) is 3. The van der Waals surface area contributed by atoms with Crippen molar-refractivity contribution in [1.29, 1.82) is 0 Å². The van der Waals surface area contributed by atoms with E-state index in [0.29, 0.717) is 24.7 Å². The molecule has 1 aliphatic rings. The number of thiazole rings is 1. The van der Waals surface area contributed by atoms with E-state index in [-0.39, 0.29) is 18.2 Å². The van der Waals surface area contributed by atoms with E-state index in [1.165, 1.54) is 6.92 Å². The fourth-order valence-electron chi connectivity index (χ4n) is 3.62. The summed E-state index contributed by atoms with van der Waals surface area (Å²) in [5, 5.41) is 13.0. The summed E-state index contributed by atoms with van der Waals surface area (Å²) in [4.78, 5) is 32.5. The van der Waals surface area contributed by atoms with Crippen LogP contribution in [-0.2, 0) is 28.0 Å². The minimum Gasteiger partial charge on any atom is -0.356 e. The molecule has 3 rings (SSSR count). The molecule has 9 heteroatoms. The van der Waals surface area contributed by atoms with E-state index in [2.05, 4.69) is 25.8 Å². The van der Waals surface area contributed by atoms with E-state index >= 15 is 0 Å². The van der Waals surface area contributed by atoms with Gasteiger partial charge in [0, 0.05) is 44.3 Å². The number of carbonyl (C=O) groups is 2. The zero-order valence-electron chi connectivity index (χ0n) is 16.2. The molecule has 2 N–H and O–H groups in total. The Morgan fingerprint density at radius 1 is 1.21 bits per heavy atom. The number of hydrogen-bond donors (Lipinski definition) is 2. The molecule has 2 heterocycles. The van der Waals surface area contributed by atoms with Crippen molar-refractivity contribution in [1.82, 2.24) is 25.8 Å². The van der Waals surface area contributed by atoms with Gasteiger partial charge in [0.2, 0.25) is 17.7 Å². The second-order valence-electron chi connectivity index (χ2n) is 7.22. The first kappa shape index (κ1) is 20.4. The van der Waals surface area contributed by atoms with Gasteiger partial charge in [-0.15, -0.1) is 11.3 Å². The monoisotopic (exact) mass is 405 g/mol. The Morgan fingerprint density at radius 3 is 2.68 bits per heavy atom. The average Bonchev–Trinajstić information content (AvgIpc) is 3.29. The van der Waals surface area contributed by atoms with Crippen molar-refractivity contribution in [2.45, 2.75) is 70.3 Å². The summed E-state index contributed by atoms with van der Waals surface area (Å²) in [6.45, 7) is 2.08. The fraction of sp³-hybridized carbons (Fsp3) is 0.632. The molecular weight excluding hydrogens is 378 g/mol. The van der Waals surface area contributed by atoms with Gasteiger partial charge in [0.25, 0.3) is 0 Å². The minimum absolute atomic E-state index is 0.0534. The predicted molar refractivity (Wildman–Crippen MR) is 105 cm³/mol. The minimum atomic E-state index is -0.556. The van der Waals surface area contributed by atoms with Crippen LogP contribution in [0.2, 0.25) is 0 Å². The van der Waals surface area contributed by atoms with Gasteiger partial charge in [0.15, 0.2) is 5.82 Å². The van der Waals surface area contributed by atoms with Crippen LogP contribution in [0.1, 0.15) is 68.6 Å². The topological polar surface area (TPSA) is 110 Å². The third-order valence-electron chi connectivity index (χ3n) is 4.98. The molecule has 0 aromatic carbocycles. The highest BCUT2D eigenvalue weighted by Crippen LogP contribution is 2.34. The Hall–Kier alpha value is -2.29. The van der Waals surface area contributed by atoms with Gasteiger partial charge in [0.05, 0.1) is 5.01 Å². The highest BCUT2D eigenvalue weighted by atomic mass is 32.1. The summed E-state index contributed by atoms with van der Waals surface area (Å²) in [7, 11) is 0. The van der Waals surface area contributed by atoms with Crippen molar-refractivity contribution in [3.63, 3.8) is 0 Å². The van der Waals surface area contributed by atoms with Crippen molar-refractivity contribution in [2.75, 3.05) is 6.54 Å². The molecule has 0 radical (unpaired) electrons. The maximum Gasteiger partial charge on any atom is 0.227 e. The standard InChI is InChI=1S/C19H27N5O3S/c1-14(25)23-19(9-4-2-3-5-10-19)18-22-16(27-24-18)7-6-15(26)20-11-8-17-21-12-13-28-17/h12-13H,2-11H2,1H3,(H,20,26)(H,23,25). The third-order valence-corrected chi connectivity index (χ3v) is 5.82. The van der Waals surface area contributed by atoms with E-state index in [4.69, 9.17) is 4.52 Å². The van der Waals surface area contributed by atoms with Crippen molar-refractivity contribution >= 4 is 23.2 Å². The number of amides is 2. The Labute approximate surface area is 168 Å². The summed E-state index contributed by atoms with van der Waals surface area (Å²) in [5.74, 6) is 0.818. The molecule has 8 nitrogen and oxygen atoms in total. The molecule has 0 aliphatic heterocycles.